The Morgan fingerprint density at radius 1 is 1.27 bits per heavy atom. The zero-order valence-corrected chi connectivity index (χ0v) is 8.43. The average molecular weight is 213 g/mol. The van der Waals surface area contributed by atoms with Crippen LogP contribution in [0.5, 0.6) is 0 Å². The molecule has 0 bridgehead atoms. The minimum Gasteiger partial charge on any atom is -0.166 e. The second-order valence-corrected chi connectivity index (χ2v) is 3.47. The molecule has 3 heteroatoms. The van der Waals surface area contributed by atoms with Gasteiger partial charge in [0.2, 0.25) is 0 Å². The molecule has 0 amide bonds. The van der Waals surface area contributed by atoms with Gasteiger partial charge < -0.3 is 0 Å². The first-order valence-electron chi connectivity index (χ1n) is 4.49. The van der Waals surface area contributed by atoms with Gasteiger partial charge in [0.1, 0.15) is 0 Å². The van der Waals surface area contributed by atoms with Crippen molar-refractivity contribution in [3.8, 4) is 0 Å². The normalized spacial score (nSPS) is 13.7. The van der Waals surface area contributed by atoms with Gasteiger partial charge in [0.25, 0.3) is 0 Å². The van der Waals surface area contributed by atoms with E-state index in [0.717, 1.165) is 12.1 Å². The summed E-state index contributed by atoms with van der Waals surface area (Å²) < 4.78 is 37.4. The Kier molecular flexibility index (Phi) is 3.22. The van der Waals surface area contributed by atoms with E-state index < -0.39 is 11.7 Å². The molecular formula is C12H12F3. The summed E-state index contributed by atoms with van der Waals surface area (Å²) in [5.74, 6) is -0.314. The molecule has 81 valence electrons. The second kappa shape index (κ2) is 4.09. The number of hydrogen-bond acceptors (Lipinski definition) is 0. The lowest BCUT2D eigenvalue weighted by Gasteiger charge is -2.12. The van der Waals surface area contributed by atoms with Gasteiger partial charge in [-0.25, -0.2) is 0 Å². The van der Waals surface area contributed by atoms with Crippen molar-refractivity contribution in [2.45, 2.75) is 19.0 Å². The molecule has 1 atom stereocenters. The van der Waals surface area contributed by atoms with Crippen LogP contribution in [0.25, 0.3) is 0 Å². The fraction of sp³-hybridized carbons (Fsp3) is 0.250. The first-order chi connectivity index (χ1) is 6.84. The lowest BCUT2D eigenvalue weighted by molar-refractivity contribution is -0.137. The van der Waals surface area contributed by atoms with Gasteiger partial charge in [-0.05, 0) is 31.5 Å². The molecule has 0 saturated heterocycles. The highest BCUT2D eigenvalue weighted by molar-refractivity contribution is 5.35. The van der Waals surface area contributed by atoms with E-state index in [1.165, 1.54) is 6.08 Å². The fourth-order valence-corrected chi connectivity index (χ4v) is 1.33. The van der Waals surface area contributed by atoms with Crippen LogP contribution in [0.3, 0.4) is 0 Å². The Morgan fingerprint density at radius 2 is 1.87 bits per heavy atom. The maximum absolute atomic E-state index is 12.5. The van der Waals surface area contributed by atoms with Crippen molar-refractivity contribution in [1.29, 1.82) is 0 Å². The summed E-state index contributed by atoms with van der Waals surface area (Å²) in [5.41, 5.74) is 0.487. The highest BCUT2D eigenvalue weighted by Crippen LogP contribution is 2.32. The zero-order chi connectivity index (χ0) is 11.6. The molecule has 1 aromatic carbocycles. The largest absolute Gasteiger partial charge is 0.416 e. The molecule has 0 aliphatic heterocycles. The topological polar surface area (TPSA) is 0 Å². The van der Waals surface area contributed by atoms with Crippen LogP contribution >= 0.6 is 0 Å². The molecule has 1 radical (unpaired) electrons. The van der Waals surface area contributed by atoms with E-state index in [-0.39, 0.29) is 5.92 Å². The third-order valence-corrected chi connectivity index (χ3v) is 2.14. The van der Waals surface area contributed by atoms with Crippen LogP contribution in [-0.2, 0) is 6.18 Å². The molecule has 0 saturated carbocycles. The number of rotatable bonds is 2. The molecule has 0 aliphatic carbocycles. The number of allylic oxidation sites excluding steroid dienone is 1. The predicted molar refractivity (Wildman–Crippen MR) is 54.5 cm³/mol. The monoisotopic (exact) mass is 213 g/mol. The predicted octanol–water partition coefficient (Wildman–Crippen LogP) is 4.12. The van der Waals surface area contributed by atoms with Gasteiger partial charge >= 0.3 is 6.18 Å². The Balaban J connectivity index is 3.22. The van der Waals surface area contributed by atoms with E-state index in [2.05, 4.69) is 13.5 Å². The van der Waals surface area contributed by atoms with Crippen LogP contribution in [0, 0.1) is 13.8 Å². The smallest absolute Gasteiger partial charge is 0.166 e. The summed E-state index contributed by atoms with van der Waals surface area (Å²) in [6.45, 7) is 8.85. The quantitative estimate of drug-likeness (QED) is 0.648. The first kappa shape index (κ1) is 11.8. The molecule has 0 fully saturated rings. The highest BCUT2D eigenvalue weighted by atomic mass is 19.4. The van der Waals surface area contributed by atoms with Crippen molar-refractivity contribution in [3.63, 3.8) is 0 Å². The van der Waals surface area contributed by atoms with Gasteiger partial charge in [-0.15, -0.1) is 6.58 Å². The summed E-state index contributed by atoms with van der Waals surface area (Å²) >= 11 is 0. The molecule has 0 nitrogen and oxygen atoms in total. The minimum atomic E-state index is -4.30. The lowest BCUT2D eigenvalue weighted by Crippen LogP contribution is -2.06. The molecule has 0 aliphatic rings. The number of benzene rings is 1. The van der Waals surface area contributed by atoms with Crippen molar-refractivity contribution in [1.82, 2.24) is 0 Å². The third kappa shape index (κ3) is 2.85. The van der Waals surface area contributed by atoms with Gasteiger partial charge in [-0.2, -0.15) is 13.2 Å². The molecular weight excluding hydrogens is 201 g/mol. The molecule has 1 unspecified atom stereocenters. The van der Waals surface area contributed by atoms with E-state index in [4.69, 9.17) is 0 Å². The lowest BCUT2D eigenvalue weighted by atomic mass is 9.97. The minimum absolute atomic E-state index is 0.314. The number of halogens is 3. The van der Waals surface area contributed by atoms with E-state index >= 15 is 0 Å². The standard InChI is InChI=1S/C12H12F3/c1-4-9(3)10-5-8(2)6-11(7-10)12(13,14)15/h4-7,9H,1,3H2,2H3. The Labute approximate surface area is 87.4 Å². The highest BCUT2D eigenvalue weighted by Gasteiger charge is 2.31. The van der Waals surface area contributed by atoms with Gasteiger partial charge in [0.15, 0.2) is 0 Å². The van der Waals surface area contributed by atoms with Crippen molar-refractivity contribution in [2.24, 2.45) is 0 Å². The van der Waals surface area contributed by atoms with Crippen LogP contribution in [0.15, 0.2) is 30.9 Å². The van der Waals surface area contributed by atoms with E-state index in [9.17, 15) is 13.2 Å². The van der Waals surface area contributed by atoms with Gasteiger partial charge in [0, 0.05) is 5.92 Å². The van der Waals surface area contributed by atoms with E-state index in [1.54, 1.807) is 13.0 Å². The van der Waals surface area contributed by atoms with Crippen molar-refractivity contribution in [2.75, 3.05) is 0 Å². The maximum atomic E-state index is 12.5. The Bertz CT molecular complexity index is 364. The van der Waals surface area contributed by atoms with Gasteiger partial charge in [0.05, 0.1) is 5.56 Å². The number of alkyl halides is 3. The average Bonchev–Trinajstić information content (AvgIpc) is 2.14. The fourth-order valence-electron chi connectivity index (χ4n) is 1.33. The molecule has 0 spiro atoms. The first-order valence-corrected chi connectivity index (χ1v) is 4.49. The molecule has 1 aromatic rings. The SMILES string of the molecule is [CH2]C(C=C)c1cc(C)cc(C(F)(F)F)c1. The van der Waals surface area contributed by atoms with Crippen molar-refractivity contribution >= 4 is 0 Å². The summed E-state index contributed by atoms with van der Waals surface area (Å²) in [7, 11) is 0. The molecule has 1 rings (SSSR count). The van der Waals surface area contributed by atoms with Crippen LogP contribution < -0.4 is 0 Å². The summed E-state index contributed by atoms with van der Waals surface area (Å²) in [4.78, 5) is 0. The third-order valence-electron chi connectivity index (χ3n) is 2.14. The van der Waals surface area contributed by atoms with Crippen LogP contribution in [-0.4, -0.2) is 0 Å². The number of hydrogen-bond donors (Lipinski definition) is 0. The molecule has 15 heavy (non-hydrogen) atoms. The van der Waals surface area contributed by atoms with Gasteiger partial charge in [-0.3, -0.25) is 0 Å². The Hall–Kier alpha value is -1.25. The summed E-state index contributed by atoms with van der Waals surface area (Å²) in [5, 5.41) is 0. The molecule has 0 N–H and O–H groups in total. The maximum Gasteiger partial charge on any atom is 0.416 e. The van der Waals surface area contributed by atoms with Crippen molar-refractivity contribution in [3.05, 3.63) is 54.5 Å². The van der Waals surface area contributed by atoms with Crippen LogP contribution in [0.4, 0.5) is 13.2 Å². The van der Waals surface area contributed by atoms with Crippen LogP contribution in [0.1, 0.15) is 22.6 Å². The summed E-state index contributed by atoms with van der Waals surface area (Å²) in [6, 6.07) is 3.93. The molecule has 0 aromatic heterocycles. The second-order valence-electron chi connectivity index (χ2n) is 3.47. The van der Waals surface area contributed by atoms with Gasteiger partial charge in [-0.1, -0.05) is 17.7 Å². The zero-order valence-electron chi connectivity index (χ0n) is 8.43. The summed E-state index contributed by atoms with van der Waals surface area (Å²) in [6.07, 6.45) is -2.78. The Morgan fingerprint density at radius 3 is 2.33 bits per heavy atom. The number of aryl methyl sites for hydroxylation is 1. The van der Waals surface area contributed by atoms with E-state index in [1.807, 2.05) is 0 Å². The molecule has 0 heterocycles. The van der Waals surface area contributed by atoms with E-state index in [0.29, 0.717) is 11.1 Å². The van der Waals surface area contributed by atoms with Crippen molar-refractivity contribution < 1.29 is 13.2 Å². The van der Waals surface area contributed by atoms with Crippen LogP contribution in [0.2, 0.25) is 0 Å².